The third-order valence-corrected chi connectivity index (χ3v) is 10.3. The van der Waals surface area contributed by atoms with Crippen molar-refractivity contribution < 1.29 is 19.0 Å². The second-order valence-electron chi connectivity index (χ2n) is 12.8. The van der Waals surface area contributed by atoms with Gasteiger partial charge in [0, 0.05) is 48.9 Å². The number of hydrogen-bond acceptors (Lipinski definition) is 8. The Balaban J connectivity index is 1.21. The summed E-state index contributed by atoms with van der Waals surface area (Å²) in [6, 6.07) is 8.06. The van der Waals surface area contributed by atoms with Gasteiger partial charge in [0.25, 0.3) is 11.5 Å². The van der Waals surface area contributed by atoms with E-state index in [1.54, 1.807) is 41.7 Å². The van der Waals surface area contributed by atoms with Crippen LogP contribution in [0.5, 0.6) is 0 Å². The first-order valence-corrected chi connectivity index (χ1v) is 16.1. The normalized spacial score (nSPS) is 17.4. The highest BCUT2D eigenvalue weighted by Gasteiger charge is 2.38. The van der Waals surface area contributed by atoms with Crippen molar-refractivity contribution in [1.29, 1.82) is 0 Å². The zero-order valence-electron chi connectivity index (χ0n) is 25.7. The quantitative estimate of drug-likeness (QED) is 0.308. The molecule has 9 nitrogen and oxygen atoms in total. The topological polar surface area (TPSA) is 99.9 Å². The van der Waals surface area contributed by atoms with E-state index in [0.29, 0.717) is 54.4 Å². The molecule has 2 N–H and O–H groups in total. The Bertz CT molecular complexity index is 1860. The van der Waals surface area contributed by atoms with Crippen LogP contribution in [-0.2, 0) is 37.7 Å². The smallest absolute Gasteiger partial charge is 0.274 e. The van der Waals surface area contributed by atoms with Gasteiger partial charge >= 0.3 is 0 Å². The summed E-state index contributed by atoms with van der Waals surface area (Å²) in [6.45, 7) is 7.41. The van der Waals surface area contributed by atoms with E-state index in [4.69, 9.17) is 4.74 Å². The Morgan fingerprint density at radius 2 is 1.89 bits per heavy atom. The molecular weight excluding hydrogens is 593 g/mol. The zero-order valence-corrected chi connectivity index (χ0v) is 26.5. The highest BCUT2D eigenvalue weighted by atomic mass is 32.1. The number of amides is 1. The number of anilines is 4. The first kappa shape index (κ1) is 29.6. The van der Waals surface area contributed by atoms with Gasteiger partial charge in [-0.15, -0.1) is 11.3 Å². The number of ether oxygens (including phenoxy) is 1. The lowest BCUT2D eigenvalue weighted by atomic mass is 9.89. The van der Waals surface area contributed by atoms with Crippen LogP contribution in [0.4, 0.5) is 27.3 Å². The van der Waals surface area contributed by atoms with Crippen molar-refractivity contribution >= 4 is 40.1 Å². The number of rotatable bonds is 6. The number of pyridine rings is 2. The van der Waals surface area contributed by atoms with Crippen molar-refractivity contribution in [3.8, 4) is 11.1 Å². The van der Waals surface area contributed by atoms with Gasteiger partial charge in [0.05, 0.1) is 42.3 Å². The van der Waals surface area contributed by atoms with Gasteiger partial charge in [0.15, 0.2) is 0 Å². The summed E-state index contributed by atoms with van der Waals surface area (Å²) >= 11 is 1.56. The Kier molecular flexibility index (Phi) is 7.50. The summed E-state index contributed by atoms with van der Waals surface area (Å²) in [4.78, 5) is 37.3. The SMILES string of the molecule is Cn1cc(-c2cc(F)cc(N3CCc4c(sc5c4CC(C)(C)C5)C3=O)c2CO)cc(Nc2ccc(N3CCOCC3)cn2)c1=O. The molecule has 0 spiro atoms. The Hall–Kier alpha value is -4.06. The molecule has 45 heavy (non-hydrogen) atoms. The molecule has 234 valence electrons. The van der Waals surface area contributed by atoms with E-state index in [2.05, 4.69) is 29.0 Å². The number of aliphatic hydroxyl groups excluding tert-OH is 1. The molecule has 1 amide bonds. The van der Waals surface area contributed by atoms with Gasteiger partial charge in [-0.1, -0.05) is 13.8 Å². The van der Waals surface area contributed by atoms with Crippen LogP contribution in [-0.4, -0.2) is 53.4 Å². The van der Waals surface area contributed by atoms with E-state index in [9.17, 15) is 14.7 Å². The number of carbonyl (C=O) groups is 1. The maximum Gasteiger partial charge on any atom is 0.274 e. The average Bonchev–Trinajstić information content (AvgIpc) is 3.52. The molecule has 0 atom stereocenters. The van der Waals surface area contributed by atoms with Gasteiger partial charge in [-0.05, 0) is 71.7 Å². The highest BCUT2D eigenvalue weighted by molar-refractivity contribution is 7.14. The van der Waals surface area contributed by atoms with E-state index >= 15 is 4.39 Å². The summed E-state index contributed by atoms with van der Waals surface area (Å²) in [5, 5.41) is 13.7. The fraction of sp³-hybridized carbons (Fsp3) is 0.382. The number of fused-ring (bicyclic) bond motifs is 3. The first-order chi connectivity index (χ1) is 21.6. The van der Waals surface area contributed by atoms with Crippen LogP contribution in [0.1, 0.15) is 45.1 Å². The monoisotopic (exact) mass is 629 g/mol. The summed E-state index contributed by atoms with van der Waals surface area (Å²) in [5.41, 5.74) is 5.29. The van der Waals surface area contributed by atoms with E-state index in [1.165, 1.54) is 27.1 Å². The number of nitrogens with zero attached hydrogens (tertiary/aromatic N) is 4. The van der Waals surface area contributed by atoms with E-state index < -0.39 is 12.4 Å². The van der Waals surface area contributed by atoms with Crippen LogP contribution in [0.2, 0.25) is 0 Å². The number of aryl methyl sites for hydroxylation is 1. The van der Waals surface area contributed by atoms with Crippen LogP contribution in [0.3, 0.4) is 0 Å². The van der Waals surface area contributed by atoms with Gasteiger partial charge in [0.2, 0.25) is 0 Å². The van der Waals surface area contributed by atoms with E-state index in [-0.39, 0.29) is 22.6 Å². The molecule has 2 aliphatic heterocycles. The molecule has 0 saturated carbocycles. The standard InChI is InChI=1S/C34H36FN5O4S/c1-34(2)15-25-23-6-7-40(33(43)31(23)45-29(25)16-34)28-14-21(35)13-24(26(28)19-41)20-12-27(32(42)38(3)18-20)37-30-5-4-22(17-36-30)39-8-10-44-11-9-39/h4-5,12-14,17-18,41H,6-11,15-16,19H2,1-3H3,(H,36,37). The van der Waals surface area contributed by atoms with Crippen LogP contribution in [0, 0.1) is 11.2 Å². The van der Waals surface area contributed by atoms with Gasteiger partial charge < -0.3 is 29.5 Å². The number of carbonyl (C=O) groups excluding carboxylic acids is 1. The fourth-order valence-electron chi connectivity index (χ4n) is 6.83. The molecule has 0 unspecified atom stereocenters. The van der Waals surface area contributed by atoms with Crippen LogP contribution >= 0.6 is 11.3 Å². The second kappa shape index (κ2) is 11.4. The minimum Gasteiger partial charge on any atom is -0.392 e. The Labute approximate surface area is 264 Å². The molecule has 1 saturated heterocycles. The number of halogens is 1. The molecule has 1 aromatic carbocycles. The van der Waals surface area contributed by atoms with Crippen molar-refractivity contribution in [3.05, 3.63) is 85.3 Å². The molecule has 11 heteroatoms. The molecule has 0 bridgehead atoms. The average molecular weight is 630 g/mol. The lowest BCUT2D eigenvalue weighted by Gasteiger charge is -2.30. The van der Waals surface area contributed by atoms with Crippen molar-refractivity contribution in [2.24, 2.45) is 12.5 Å². The maximum atomic E-state index is 15.3. The minimum absolute atomic E-state index is 0.158. The molecule has 3 aromatic heterocycles. The van der Waals surface area contributed by atoms with Gasteiger partial charge in [-0.3, -0.25) is 9.59 Å². The minimum atomic E-state index is -0.532. The molecule has 1 aliphatic carbocycles. The molecule has 3 aliphatic rings. The molecule has 4 aromatic rings. The van der Waals surface area contributed by atoms with Crippen molar-refractivity contribution in [2.45, 2.75) is 39.7 Å². The first-order valence-electron chi connectivity index (χ1n) is 15.3. The fourth-order valence-corrected chi connectivity index (χ4v) is 8.41. The molecule has 5 heterocycles. The maximum absolute atomic E-state index is 15.3. The number of aromatic nitrogens is 2. The molecule has 0 radical (unpaired) electrons. The number of benzene rings is 1. The lowest BCUT2D eigenvalue weighted by molar-refractivity contribution is 0.0984. The number of thiophene rings is 1. The predicted octanol–water partition coefficient (Wildman–Crippen LogP) is 5.05. The third-order valence-electron chi connectivity index (χ3n) is 9.04. The van der Waals surface area contributed by atoms with Crippen LogP contribution in [0.15, 0.2) is 47.5 Å². The van der Waals surface area contributed by atoms with Gasteiger partial charge in [-0.2, -0.15) is 0 Å². The van der Waals surface area contributed by atoms with Crippen molar-refractivity contribution in [3.63, 3.8) is 0 Å². The Morgan fingerprint density at radius 1 is 1.09 bits per heavy atom. The van der Waals surface area contributed by atoms with Gasteiger partial charge in [0.1, 0.15) is 17.3 Å². The number of hydrogen-bond donors (Lipinski definition) is 2. The second-order valence-corrected chi connectivity index (χ2v) is 13.9. The number of nitrogens with one attached hydrogen (secondary N) is 1. The number of aliphatic hydroxyl groups is 1. The summed E-state index contributed by atoms with van der Waals surface area (Å²) in [6.07, 6.45) is 5.97. The van der Waals surface area contributed by atoms with E-state index in [0.717, 1.165) is 42.1 Å². The van der Waals surface area contributed by atoms with Crippen molar-refractivity contribution in [2.75, 3.05) is 48.0 Å². The van der Waals surface area contributed by atoms with Crippen LogP contribution < -0.4 is 20.7 Å². The molecular formula is C34H36FN5O4S. The lowest BCUT2D eigenvalue weighted by Crippen LogP contribution is -2.38. The summed E-state index contributed by atoms with van der Waals surface area (Å²) in [5.74, 6) is -0.200. The van der Waals surface area contributed by atoms with Crippen LogP contribution in [0.25, 0.3) is 11.1 Å². The van der Waals surface area contributed by atoms with E-state index in [1.807, 2.05) is 12.1 Å². The summed E-state index contributed by atoms with van der Waals surface area (Å²) < 4.78 is 22.2. The largest absolute Gasteiger partial charge is 0.392 e. The van der Waals surface area contributed by atoms with Crippen molar-refractivity contribution in [1.82, 2.24) is 9.55 Å². The molecule has 7 rings (SSSR count). The Morgan fingerprint density at radius 3 is 2.62 bits per heavy atom. The summed E-state index contributed by atoms with van der Waals surface area (Å²) in [7, 11) is 1.62. The highest BCUT2D eigenvalue weighted by Crippen LogP contribution is 2.46. The number of morpholine rings is 1. The van der Waals surface area contributed by atoms with Gasteiger partial charge in [-0.25, -0.2) is 9.37 Å². The third kappa shape index (κ3) is 5.43. The predicted molar refractivity (Wildman–Crippen MR) is 174 cm³/mol. The molecule has 1 fully saturated rings. The zero-order chi connectivity index (χ0) is 31.5.